The fourth-order valence-corrected chi connectivity index (χ4v) is 3.82. The van der Waals surface area contributed by atoms with Crippen LogP contribution in [-0.4, -0.2) is 42.7 Å². The molecule has 1 aliphatic heterocycles. The molecule has 164 valence electrons. The van der Waals surface area contributed by atoms with Gasteiger partial charge < -0.3 is 20.7 Å². The third kappa shape index (κ3) is 5.41. The van der Waals surface area contributed by atoms with Crippen molar-refractivity contribution in [2.24, 2.45) is 0 Å². The molecule has 0 saturated carbocycles. The molecule has 1 aliphatic rings. The molecule has 4 rings (SSSR count). The fraction of sp³-hybridized carbons (Fsp3) is 0.320. The molecule has 0 amide bonds. The molecule has 1 saturated heterocycles. The number of benzene rings is 2. The molecule has 1 fully saturated rings. The fourth-order valence-electron chi connectivity index (χ4n) is 3.82. The highest BCUT2D eigenvalue weighted by Crippen LogP contribution is 2.30. The van der Waals surface area contributed by atoms with Gasteiger partial charge in [-0.2, -0.15) is 5.26 Å². The average Bonchev–Trinajstić information content (AvgIpc) is 3.35. The predicted octanol–water partition coefficient (Wildman–Crippen LogP) is 3.52. The maximum absolute atomic E-state index is 9.80. The molecule has 1 aromatic heterocycles. The van der Waals surface area contributed by atoms with Gasteiger partial charge in [0.05, 0.1) is 11.3 Å². The summed E-state index contributed by atoms with van der Waals surface area (Å²) < 4.78 is 6.31. The quantitative estimate of drug-likeness (QED) is 0.480. The van der Waals surface area contributed by atoms with Crippen LogP contribution in [0.4, 0.5) is 5.95 Å². The minimum absolute atomic E-state index is 0.142. The van der Waals surface area contributed by atoms with Crippen molar-refractivity contribution in [3.63, 3.8) is 0 Å². The molecule has 0 spiro atoms. The smallest absolute Gasteiger partial charge is 0.223 e. The maximum Gasteiger partial charge on any atom is 0.223 e. The van der Waals surface area contributed by atoms with E-state index in [1.165, 1.54) is 0 Å². The van der Waals surface area contributed by atoms with Crippen molar-refractivity contribution >= 4 is 5.95 Å². The van der Waals surface area contributed by atoms with Gasteiger partial charge in [-0.25, -0.2) is 9.97 Å². The van der Waals surface area contributed by atoms with Crippen LogP contribution in [0.25, 0.3) is 11.3 Å². The lowest BCUT2D eigenvalue weighted by molar-refractivity contribution is 0.194. The van der Waals surface area contributed by atoms with Crippen molar-refractivity contribution in [3.05, 3.63) is 71.9 Å². The Kier molecular flexibility index (Phi) is 7.28. The van der Waals surface area contributed by atoms with Gasteiger partial charge in [0.2, 0.25) is 5.95 Å². The van der Waals surface area contributed by atoms with Crippen molar-refractivity contribution in [1.82, 2.24) is 20.6 Å². The Balaban J connectivity index is 1.55. The van der Waals surface area contributed by atoms with Gasteiger partial charge in [0, 0.05) is 30.8 Å². The second-order valence-electron chi connectivity index (χ2n) is 7.83. The summed E-state index contributed by atoms with van der Waals surface area (Å²) in [6.07, 6.45) is 3.45. The van der Waals surface area contributed by atoms with Crippen LogP contribution in [-0.2, 0) is 0 Å². The molecule has 3 N–H and O–H groups in total. The number of hydrogen-bond donors (Lipinski definition) is 3. The van der Waals surface area contributed by atoms with E-state index < -0.39 is 0 Å². The first-order valence-electron chi connectivity index (χ1n) is 11.0. The summed E-state index contributed by atoms with van der Waals surface area (Å²) >= 11 is 0. The maximum atomic E-state index is 9.80. The highest BCUT2D eigenvalue weighted by Gasteiger charge is 2.17. The van der Waals surface area contributed by atoms with Crippen LogP contribution in [0.3, 0.4) is 0 Å². The third-order valence-electron chi connectivity index (χ3n) is 5.54. The zero-order valence-corrected chi connectivity index (χ0v) is 18.2. The Morgan fingerprint density at radius 1 is 1.22 bits per heavy atom. The van der Waals surface area contributed by atoms with Crippen molar-refractivity contribution in [2.75, 3.05) is 32.0 Å². The highest BCUT2D eigenvalue weighted by atomic mass is 16.5. The number of aromatic nitrogens is 2. The van der Waals surface area contributed by atoms with Gasteiger partial charge in [-0.05, 0) is 56.4 Å². The van der Waals surface area contributed by atoms with E-state index in [1.54, 1.807) is 6.20 Å². The first kappa shape index (κ1) is 21.8. The van der Waals surface area contributed by atoms with Crippen molar-refractivity contribution in [1.29, 1.82) is 5.26 Å². The van der Waals surface area contributed by atoms with Crippen LogP contribution in [0.1, 0.15) is 30.1 Å². The van der Waals surface area contributed by atoms with Crippen LogP contribution in [0.15, 0.2) is 60.8 Å². The normalized spacial score (nSPS) is 16.3. The Bertz CT molecular complexity index is 1060. The largest absolute Gasteiger partial charge is 0.484 e. The van der Waals surface area contributed by atoms with Crippen LogP contribution < -0.4 is 20.7 Å². The number of rotatable bonds is 9. The molecule has 2 unspecified atom stereocenters. The molecule has 7 nitrogen and oxygen atoms in total. The zero-order valence-electron chi connectivity index (χ0n) is 18.2. The number of nitriles is 1. The van der Waals surface area contributed by atoms with Crippen LogP contribution in [0, 0.1) is 11.3 Å². The second kappa shape index (κ2) is 10.7. The summed E-state index contributed by atoms with van der Waals surface area (Å²) in [5, 5.41) is 19.7. The third-order valence-corrected chi connectivity index (χ3v) is 5.54. The van der Waals surface area contributed by atoms with E-state index >= 15 is 0 Å². The van der Waals surface area contributed by atoms with Crippen molar-refractivity contribution in [3.8, 4) is 23.1 Å². The van der Waals surface area contributed by atoms with Gasteiger partial charge in [0.25, 0.3) is 0 Å². The molecule has 0 aliphatic carbocycles. The molecular formula is C25H28N6O. The molecule has 32 heavy (non-hydrogen) atoms. The number of hydrogen-bond acceptors (Lipinski definition) is 7. The molecular weight excluding hydrogens is 400 g/mol. The molecule has 7 heteroatoms. The summed E-state index contributed by atoms with van der Waals surface area (Å²) in [7, 11) is 1.92. The molecule has 3 aromatic rings. The molecule has 2 atom stereocenters. The van der Waals surface area contributed by atoms with Crippen molar-refractivity contribution < 1.29 is 4.74 Å². The standard InChI is InChI=1S/C25H28N6O/c1-27-12-11-24(18-5-3-2-4-6-18)32-23-8-7-19(15-20(23)16-26)22-10-14-29-25(31-22)30-21-9-13-28-17-21/h2-8,10,14-15,21,24,27-28H,9,11-13,17H2,1H3,(H,29,30,31). The zero-order chi connectivity index (χ0) is 22.2. The Morgan fingerprint density at radius 2 is 2.09 bits per heavy atom. The van der Waals surface area contributed by atoms with E-state index in [0.717, 1.165) is 49.3 Å². The van der Waals surface area contributed by atoms with Gasteiger partial charge in [-0.3, -0.25) is 0 Å². The number of anilines is 1. The van der Waals surface area contributed by atoms with Crippen LogP contribution in [0.2, 0.25) is 0 Å². The van der Waals surface area contributed by atoms with E-state index in [-0.39, 0.29) is 6.10 Å². The lowest BCUT2D eigenvalue weighted by Crippen LogP contribution is -2.23. The van der Waals surface area contributed by atoms with Gasteiger partial charge in [0.1, 0.15) is 17.9 Å². The average molecular weight is 429 g/mol. The van der Waals surface area contributed by atoms with Gasteiger partial charge >= 0.3 is 0 Å². The summed E-state index contributed by atoms with van der Waals surface area (Å²) in [5.41, 5.74) is 3.20. The molecule has 2 aromatic carbocycles. The topological polar surface area (TPSA) is 94.9 Å². The number of ether oxygens (including phenoxy) is 1. The predicted molar refractivity (Wildman–Crippen MR) is 125 cm³/mol. The summed E-state index contributed by atoms with van der Waals surface area (Å²) in [4.78, 5) is 9.00. The van der Waals surface area contributed by atoms with E-state index in [0.29, 0.717) is 23.3 Å². The van der Waals surface area contributed by atoms with E-state index in [9.17, 15) is 5.26 Å². The van der Waals surface area contributed by atoms with Gasteiger partial charge in [0.15, 0.2) is 0 Å². The summed E-state index contributed by atoms with van der Waals surface area (Å²) in [5.74, 6) is 1.18. The van der Waals surface area contributed by atoms with E-state index in [2.05, 4.69) is 44.1 Å². The first-order valence-corrected chi connectivity index (χ1v) is 11.0. The number of nitrogens with zero attached hydrogens (tertiary/aromatic N) is 3. The van der Waals surface area contributed by atoms with Crippen molar-refractivity contribution in [2.45, 2.75) is 25.0 Å². The molecule has 0 radical (unpaired) electrons. The Hall–Kier alpha value is -3.47. The molecule has 0 bridgehead atoms. The second-order valence-corrected chi connectivity index (χ2v) is 7.83. The number of nitrogens with one attached hydrogen (secondary N) is 3. The van der Waals surface area contributed by atoms with Gasteiger partial charge in [-0.1, -0.05) is 30.3 Å². The minimum atomic E-state index is -0.142. The lowest BCUT2D eigenvalue weighted by Gasteiger charge is -2.20. The SMILES string of the molecule is CNCCC(Oc1ccc(-c2ccnc(NC3CCNC3)n2)cc1C#N)c1ccccc1. The Labute approximate surface area is 188 Å². The minimum Gasteiger partial charge on any atom is -0.484 e. The lowest BCUT2D eigenvalue weighted by atomic mass is 10.0. The van der Waals surface area contributed by atoms with Crippen LogP contribution in [0.5, 0.6) is 5.75 Å². The van der Waals surface area contributed by atoms with E-state index in [1.807, 2.05) is 49.5 Å². The molecule has 2 heterocycles. The summed E-state index contributed by atoms with van der Waals surface area (Å²) in [6.45, 7) is 2.73. The van der Waals surface area contributed by atoms with Crippen LogP contribution >= 0.6 is 0 Å². The highest BCUT2D eigenvalue weighted by molar-refractivity contribution is 5.65. The summed E-state index contributed by atoms with van der Waals surface area (Å²) in [6, 6.07) is 20.2. The van der Waals surface area contributed by atoms with Gasteiger partial charge in [-0.15, -0.1) is 0 Å². The first-order chi connectivity index (χ1) is 15.8. The monoisotopic (exact) mass is 428 g/mol. The van der Waals surface area contributed by atoms with E-state index in [4.69, 9.17) is 4.74 Å². The Morgan fingerprint density at radius 3 is 2.84 bits per heavy atom.